The van der Waals surface area contributed by atoms with Crippen molar-refractivity contribution in [2.24, 2.45) is 0 Å². The van der Waals surface area contributed by atoms with Crippen LogP contribution in [0.25, 0.3) is 10.9 Å². The number of fused-ring (bicyclic) bond motifs is 1. The summed E-state index contributed by atoms with van der Waals surface area (Å²) in [6.45, 7) is 0.718. The predicted molar refractivity (Wildman–Crippen MR) is 86.0 cm³/mol. The summed E-state index contributed by atoms with van der Waals surface area (Å²) >= 11 is 6.09. The molecule has 0 spiro atoms. The van der Waals surface area contributed by atoms with E-state index in [0.717, 1.165) is 34.5 Å². The first-order chi connectivity index (χ1) is 10.3. The lowest BCUT2D eigenvalue weighted by Crippen LogP contribution is -2.06. The number of hydrogen-bond donors (Lipinski definition) is 1. The van der Waals surface area contributed by atoms with E-state index in [1.165, 1.54) is 0 Å². The van der Waals surface area contributed by atoms with Crippen molar-refractivity contribution in [1.82, 2.24) is 10.3 Å². The Labute approximate surface area is 128 Å². The van der Waals surface area contributed by atoms with Crippen LogP contribution < -0.4 is 10.1 Å². The van der Waals surface area contributed by atoms with Crippen LogP contribution in [-0.4, -0.2) is 12.0 Å². The number of halogens is 1. The number of nitrogens with zero attached hydrogens (tertiary/aromatic N) is 1. The maximum Gasteiger partial charge on any atom is 0.136 e. The second kappa shape index (κ2) is 6.12. The summed E-state index contributed by atoms with van der Waals surface area (Å²) in [6.07, 6.45) is 1.78. The van der Waals surface area contributed by atoms with Crippen LogP contribution in [0.4, 0.5) is 0 Å². The summed E-state index contributed by atoms with van der Waals surface area (Å²) in [4.78, 5) is 4.34. The largest absolute Gasteiger partial charge is 0.456 e. The fraction of sp³-hybridized carbons (Fsp3) is 0.118. The lowest BCUT2D eigenvalue weighted by Gasteiger charge is -2.13. The average molecular weight is 299 g/mol. The predicted octanol–water partition coefficient (Wildman–Crippen LogP) is 4.40. The van der Waals surface area contributed by atoms with Crippen molar-refractivity contribution in [3.63, 3.8) is 0 Å². The SMILES string of the molecule is CNCc1ccc(Cl)cc1Oc1cccc2ncccc12. The molecule has 0 aliphatic carbocycles. The van der Waals surface area contributed by atoms with Gasteiger partial charge in [-0.05, 0) is 43.4 Å². The summed E-state index contributed by atoms with van der Waals surface area (Å²) in [7, 11) is 1.90. The van der Waals surface area contributed by atoms with Gasteiger partial charge in [0.1, 0.15) is 11.5 Å². The number of ether oxygens (including phenoxy) is 1. The second-order valence-electron chi connectivity index (χ2n) is 4.71. The van der Waals surface area contributed by atoms with Gasteiger partial charge in [0, 0.05) is 28.7 Å². The van der Waals surface area contributed by atoms with Gasteiger partial charge in [0.2, 0.25) is 0 Å². The highest BCUT2D eigenvalue weighted by molar-refractivity contribution is 6.30. The van der Waals surface area contributed by atoms with Crippen LogP contribution in [-0.2, 0) is 6.54 Å². The number of aromatic nitrogens is 1. The quantitative estimate of drug-likeness (QED) is 0.775. The van der Waals surface area contributed by atoms with E-state index in [4.69, 9.17) is 16.3 Å². The zero-order chi connectivity index (χ0) is 14.7. The number of hydrogen-bond acceptors (Lipinski definition) is 3. The monoisotopic (exact) mass is 298 g/mol. The standard InChI is InChI=1S/C17H15ClN2O/c1-19-11-12-7-8-13(18)10-17(12)21-16-6-2-5-15-14(16)4-3-9-20-15/h2-10,19H,11H2,1H3. The number of benzene rings is 2. The van der Waals surface area contributed by atoms with Crippen LogP contribution in [0.3, 0.4) is 0 Å². The van der Waals surface area contributed by atoms with Crippen LogP contribution >= 0.6 is 11.6 Å². The first-order valence-electron chi connectivity index (χ1n) is 6.72. The molecule has 0 amide bonds. The highest BCUT2D eigenvalue weighted by Crippen LogP contribution is 2.32. The molecule has 1 heterocycles. The topological polar surface area (TPSA) is 34.1 Å². The van der Waals surface area contributed by atoms with Gasteiger partial charge in [-0.25, -0.2) is 0 Å². The first-order valence-corrected chi connectivity index (χ1v) is 7.10. The zero-order valence-corrected chi connectivity index (χ0v) is 12.4. The van der Waals surface area contributed by atoms with Crippen molar-refractivity contribution in [1.29, 1.82) is 0 Å². The minimum absolute atomic E-state index is 0.656. The van der Waals surface area contributed by atoms with Crippen molar-refractivity contribution in [3.8, 4) is 11.5 Å². The Hall–Kier alpha value is -2.10. The molecular formula is C17H15ClN2O. The Morgan fingerprint density at radius 3 is 2.86 bits per heavy atom. The minimum Gasteiger partial charge on any atom is -0.456 e. The molecule has 4 heteroatoms. The molecule has 3 aromatic rings. The Morgan fingerprint density at radius 1 is 1.10 bits per heavy atom. The summed E-state index contributed by atoms with van der Waals surface area (Å²) in [5.41, 5.74) is 1.97. The fourth-order valence-corrected chi connectivity index (χ4v) is 2.40. The maximum atomic E-state index is 6.09. The normalized spacial score (nSPS) is 10.8. The van der Waals surface area contributed by atoms with Crippen molar-refractivity contribution < 1.29 is 4.74 Å². The molecule has 0 atom stereocenters. The number of pyridine rings is 1. The van der Waals surface area contributed by atoms with Gasteiger partial charge in [-0.2, -0.15) is 0 Å². The van der Waals surface area contributed by atoms with E-state index in [1.807, 2.05) is 55.6 Å². The van der Waals surface area contributed by atoms with Crippen LogP contribution in [0.2, 0.25) is 5.02 Å². The molecular weight excluding hydrogens is 284 g/mol. The van der Waals surface area contributed by atoms with Crippen LogP contribution in [0.5, 0.6) is 11.5 Å². The molecule has 0 saturated carbocycles. The van der Waals surface area contributed by atoms with Crippen molar-refractivity contribution >= 4 is 22.5 Å². The van der Waals surface area contributed by atoms with Crippen molar-refractivity contribution in [2.45, 2.75) is 6.54 Å². The summed E-state index contributed by atoms with van der Waals surface area (Å²) in [5, 5.41) is 4.77. The van der Waals surface area contributed by atoms with E-state index in [-0.39, 0.29) is 0 Å². The molecule has 0 aliphatic rings. The molecule has 2 aromatic carbocycles. The van der Waals surface area contributed by atoms with Gasteiger partial charge in [-0.15, -0.1) is 0 Å². The van der Waals surface area contributed by atoms with E-state index in [0.29, 0.717) is 5.02 Å². The maximum absolute atomic E-state index is 6.09. The molecule has 106 valence electrons. The molecule has 0 fully saturated rings. The molecule has 0 radical (unpaired) electrons. The van der Waals surface area contributed by atoms with Crippen LogP contribution in [0, 0.1) is 0 Å². The molecule has 3 rings (SSSR count). The lowest BCUT2D eigenvalue weighted by atomic mass is 10.2. The van der Waals surface area contributed by atoms with E-state index < -0.39 is 0 Å². The smallest absolute Gasteiger partial charge is 0.136 e. The third-order valence-electron chi connectivity index (χ3n) is 3.22. The molecule has 0 aliphatic heterocycles. The van der Waals surface area contributed by atoms with Crippen molar-refractivity contribution in [3.05, 3.63) is 65.3 Å². The van der Waals surface area contributed by atoms with Gasteiger partial charge in [-0.1, -0.05) is 23.7 Å². The molecule has 21 heavy (non-hydrogen) atoms. The van der Waals surface area contributed by atoms with Gasteiger partial charge in [0.15, 0.2) is 0 Å². The molecule has 1 N–H and O–H groups in total. The minimum atomic E-state index is 0.656. The van der Waals surface area contributed by atoms with E-state index in [2.05, 4.69) is 10.3 Å². The lowest BCUT2D eigenvalue weighted by molar-refractivity contribution is 0.479. The van der Waals surface area contributed by atoms with Gasteiger partial charge < -0.3 is 10.1 Å². The number of nitrogens with one attached hydrogen (secondary N) is 1. The van der Waals surface area contributed by atoms with Gasteiger partial charge in [-0.3, -0.25) is 4.98 Å². The summed E-state index contributed by atoms with van der Waals surface area (Å²) in [6, 6.07) is 15.4. The average Bonchev–Trinajstić information content (AvgIpc) is 2.50. The Kier molecular flexibility index (Phi) is 4.04. The zero-order valence-electron chi connectivity index (χ0n) is 11.6. The molecule has 1 aromatic heterocycles. The van der Waals surface area contributed by atoms with Gasteiger partial charge >= 0.3 is 0 Å². The molecule has 0 unspecified atom stereocenters. The second-order valence-corrected chi connectivity index (χ2v) is 5.15. The Balaban J connectivity index is 2.04. The first kappa shape index (κ1) is 13.9. The van der Waals surface area contributed by atoms with Crippen LogP contribution in [0.1, 0.15) is 5.56 Å². The van der Waals surface area contributed by atoms with E-state index in [9.17, 15) is 0 Å². The number of rotatable bonds is 4. The van der Waals surface area contributed by atoms with Gasteiger partial charge in [0.05, 0.1) is 5.52 Å². The Morgan fingerprint density at radius 2 is 2.00 bits per heavy atom. The van der Waals surface area contributed by atoms with Crippen molar-refractivity contribution in [2.75, 3.05) is 7.05 Å². The third kappa shape index (κ3) is 2.99. The van der Waals surface area contributed by atoms with Crippen LogP contribution in [0.15, 0.2) is 54.7 Å². The van der Waals surface area contributed by atoms with Gasteiger partial charge in [0.25, 0.3) is 0 Å². The third-order valence-corrected chi connectivity index (χ3v) is 3.46. The molecule has 3 nitrogen and oxygen atoms in total. The molecule has 0 saturated heterocycles. The summed E-state index contributed by atoms with van der Waals surface area (Å²) in [5.74, 6) is 1.54. The fourth-order valence-electron chi connectivity index (χ4n) is 2.24. The Bertz CT molecular complexity index is 768. The highest BCUT2D eigenvalue weighted by Gasteiger charge is 2.08. The van der Waals surface area contributed by atoms with E-state index >= 15 is 0 Å². The summed E-state index contributed by atoms with van der Waals surface area (Å²) < 4.78 is 6.09. The highest BCUT2D eigenvalue weighted by atomic mass is 35.5. The van der Waals surface area contributed by atoms with E-state index in [1.54, 1.807) is 6.20 Å². The molecule has 0 bridgehead atoms.